The molecular weight excluding hydrogens is 299 g/mol. The maximum atomic E-state index is 2.41. The predicted octanol–water partition coefficient (Wildman–Crippen LogP) is 4.30. The van der Waals surface area contributed by atoms with Crippen LogP contribution in [0.4, 0.5) is 0 Å². The van der Waals surface area contributed by atoms with Crippen molar-refractivity contribution in [1.29, 1.82) is 0 Å². The number of unbranched alkanes of at least 4 members (excludes halogenated alkanes) is 2. The van der Waals surface area contributed by atoms with Gasteiger partial charge in [-0.15, -0.1) is 0 Å². The SMILES string of the molecule is CCC[CH2][Sn]([CH2]CCC)[c]1ccc(C)cc1. The summed E-state index contributed by atoms with van der Waals surface area (Å²) in [6, 6.07) is 9.42. The third-order valence-electron chi connectivity index (χ3n) is 3.12. The predicted molar refractivity (Wildman–Crippen MR) is 76.0 cm³/mol. The van der Waals surface area contributed by atoms with Crippen molar-refractivity contribution in [2.45, 2.75) is 55.3 Å². The van der Waals surface area contributed by atoms with Crippen LogP contribution in [0.25, 0.3) is 0 Å². The monoisotopic (exact) mass is 325 g/mol. The Balaban J connectivity index is 2.62. The van der Waals surface area contributed by atoms with Gasteiger partial charge in [0.05, 0.1) is 0 Å². The topological polar surface area (TPSA) is 0 Å². The molecule has 0 saturated carbocycles. The van der Waals surface area contributed by atoms with E-state index in [2.05, 4.69) is 45.0 Å². The minimum atomic E-state index is -1.25. The number of hydrogen-bond acceptors (Lipinski definition) is 0. The molecule has 0 heterocycles. The summed E-state index contributed by atoms with van der Waals surface area (Å²) < 4.78 is 4.86. The molecule has 0 unspecified atom stereocenters. The molecule has 0 aliphatic carbocycles. The number of benzene rings is 1. The van der Waals surface area contributed by atoms with E-state index in [1.165, 1.54) is 31.2 Å². The molecule has 0 spiro atoms. The standard InChI is InChI=1S/C7H7.2C4H9.Sn/c1-7-5-3-2-4-6-7;2*1-3-4-2;/h3-6H,1H3;2*1,3-4H2,2H3;. The zero-order chi connectivity index (χ0) is 11.8. The van der Waals surface area contributed by atoms with E-state index >= 15 is 0 Å². The molecule has 0 amide bonds. The number of aryl methyl sites for hydroxylation is 1. The average molecular weight is 324 g/mol. The molecule has 1 radical (unpaired) electrons. The normalized spacial score (nSPS) is 11.0. The van der Waals surface area contributed by atoms with Crippen molar-refractivity contribution in [3.63, 3.8) is 0 Å². The molecule has 1 rings (SSSR count). The molecule has 0 N–H and O–H groups in total. The van der Waals surface area contributed by atoms with Crippen LogP contribution in [-0.4, -0.2) is 19.8 Å². The van der Waals surface area contributed by atoms with Gasteiger partial charge in [0.15, 0.2) is 0 Å². The molecule has 1 aromatic carbocycles. The second-order valence-corrected chi connectivity index (χ2v) is 12.6. The number of rotatable bonds is 7. The van der Waals surface area contributed by atoms with E-state index < -0.39 is 19.8 Å². The van der Waals surface area contributed by atoms with Crippen molar-refractivity contribution in [1.82, 2.24) is 0 Å². The van der Waals surface area contributed by atoms with Crippen molar-refractivity contribution >= 4 is 23.3 Å². The first kappa shape index (κ1) is 14.1. The van der Waals surface area contributed by atoms with Crippen LogP contribution >= 0.6 is 0 Å². The summed E-state index contributed by atoms with van der Waals surface area (Å²) in [5, 5.41) is 0. The molecule has 0 fully saturated rings. The van der Waals surface area contributed by atoms with Gasteiger partial charge in [-0.3, -0.25) is 0 Å². The van der Waals surface area contributed by atoms with Crippen LogP contribution in [0.2, 0.25) is 8.87 Å². The van der Waals surface area contributed by atoms with Crippen molar-refractivity contribution in [3.05, 3.63) is 29.8 Å². The molecule has 1 aromatic rings. The van der Waals surface area contributed by atoms with Crippen LogP contribution < -0.4 is 3.58 Å². The van der Waals surface area contributed by atoms with Crippen LogP contribution in [0.1, 0.15) is 45.1 Å². The van der Waals surface area contributed by atoms with E-state index in [9.17, 15) is 0 Å². The summed E-state index contributed by atoms with van der Waals surface area (Å²) in [4.78, 5) is 0. The Hall–Kier alpha value is 0.0187. The average Bonchev–Trinajstić information content (AvgIpc) is 2.31. The Morgan fingerprint density at radius 2 is 1.38 bits per heavy atom. The second kappa shape index (κ2) is 8.16. The molecule has 1 heteroatoms. The first-order valence-electron chi connectivity index (χ1n) is 6.69. The maximum absolute atomic E-state index is 2.41. The molecule has 0 aliphatic rings. The van der Waals surface area contributed by atoms with Crippen LogP contribution in [0.15, 0.2) is 24.3 Å². The minimum absolute atomic E-state index is 1.25. The first-order valence-corrected chi connectivity index (χ1v) is 12.2. The van der Waals surface area contributed by atoms with E-state index in [1.807, 2.05) is 0 Å². The van der Waals surface area contributed by atoms with Crippen LogP contribution in [-0.2, 0) is 0 Å². The molecule has 0 atom stereocenters. The first-order chi connectivity index (χ1) is 7.77. The molecule has 0 saturated heterocycles. The zero-order valence-corrected chi connectivity index (χ0v) is 13.9. The van der Waals surface area contributed by atoms with Gasteiger partial charge in [-0.1, -0.05) is 0 Å². The molecule has 0 bridgehead atoms. The molecule has 0 nitrogen and oxygen atoms in total. The summed E-state index contributed by atoms with van der Waals surface area (Å²) in [5.41, 5.74) is 1.40. The second-order valence-electron chi connectivity index (χ2n) is 4.68. The van der Waals surface area contributed by atoms with Gasteiger partial charge in [-0.2, -0.15) is 0 Å². The summed E-state index contributed by atoms with van der Waals surface area (Å²) in [5.74, 6) is 0. The van der Waals surface area contributed by atoms with E-state index in [0.29, 0.717) is 0 Å². The third kappa shape index (κ3) is 4.90. The van der Waals surface area contributed by atoms with Crippen molar-refractivity contribution < 1.29 is 0 Å². The fraction of sp³-hybridized carbons (Fsp3) is 0.600. The summed E-state index contributed by atoms with van der Waals surface area (Å²) >= 11 is -1.25. The van der Waals surface area contributed by atoms with Gasteiger partial charge in [0.2, 0.25) is 0 Å². The third-order valence-corrected chi connectivity index (χ3v) is 11.9. The van der Waals surface area contributed by atoms with Crippen LogP contribution in [0.3, 0.4) is 0 Å². The van der Waals surface area contributed by atoms with Crippen molar-refractivity contribution in [2.24, 2.45) is 0 Å². The van der Waals surface area contributed by atoms with E-state index in [1.54, 1.807) is 12.5 Å². The van der Waals surface area contributed by atoms with Gasteiger partial charge in [-0.05, 0) is 0 Å². The Morgan fingerprint density at radius 1 is 0.875 bits per heavy atom. The molecule has 0 aromatic heterocycles. The summed E-state index contributed by atoms with van der Waals surface area (Å²) in [6.45, 7) is 6.82. The fourth-order valence-electron chi connectivity index (χ4n) is 1.98. The molecule has 89 valence electrons. The molecular formula is C15H25Sn. The van der Waals surface area contributed by atoms with Gasteiger partial charge in [0.25, 0.3) is 0 Å². The van der Waals surface area contributed by atoms with Crippen LogP contribution in [0, 0.1) is 6.92 Å². The fourth-order valence-corrected chi connectivity index (χ4v) is 10.6. The Labute approximate surface area is 108 Å². The van der Waals surface area contributed by atoms with E-state index in [-0.39, 0.29) is 0 Å². The number of hydrogen-bond donors (Lipinski definition) is 0. The molecule has 16 heavy (non-hydrogen) atoms. The Kier molecular flexibility index (Phi) is 7.18. The van der Waals surface area contributed by atoms with Crippen LogP contribution in [0.5, 0.6) is 0 Å². The summed E-state index contributed by atoms with van der Waals surface area (Å²) in [7, 11) is 0. The van der Waals surface area contributed by atoms with E-state index in [0.717, 1.165) is 0 Å². The van der Waals surface area contributed by atoms with Crippen molar-refractivity contribution in [2.75, 3.05) is 0 Å². The molecule has 0 aliphatic heterocycles. The van der Waals surface area contributed by atoms with Gasteiger partial charge in [-0.25, -0.2) is 0 Å². The van der Waals surface area contributed by atoms with Gasteiger partial charge < -0.3 is 0 Å². The Morgan fingerprint density at radius 3 is 1.81 bits per heavy atom. The van der Waals surface area contributed by atoms with Gasteiger partial charge >= 0.3 is 108 Å². The summed E-state index contributed by atoms with van der Waals surface area (Å²) in [6.07, 6.45) is 5.63. The van der Waals surface area contributed by atoms with Gasteiger partial charge in [0, 0.05) is 0 Å². The van der Waals surface area contributed by atoms with Gasteiger partial charge in [0.1, 0.15) is 0 Å². The van der Waals surface area contributed by atoms with E-state index in [4.69, 9.17) is 0 Å². The van der Waals surface area contributed by atoms with Crippen molar-refractivity contribution in [3.8, 4) is 0 Å². The Bertz CT molecular complexity index is 268. The quantitative estimate of drug-likeness (QED) is 0.656. The zero-order valence-electron chi connectivity index (χ0n) is 11.1.